The normalized spacial score (nSPS) is 36.6. The number of aromatic hydroxyl groups is 1. The Morgan fingerprint density at radius 2 is 1.79 bits per heavy atom. The van der Waals surface area contributed by atoms with Gasteiger partial charge in [0.25, 0.3) is 0 Å². The molecular weight excluding hydrogens is 612 g/mol. The lowest BCUT2D eigenvalue weighted by molar-refractivity contribution is -0.190. The van der Waals surface area contributed by atoms with Gasteiger partial charge < -0.3 is 29.2 Å². The minimum atomic E-state index is -1.78. The number of phenolic OH excluding ortho intramolecular Hbond substituents is 1. The molecule has 48 heavy (non-hydrogen) atoms. The van der Waals surface area contributed by atoms with E-state index in [2.05, 4.69) is 13.5 Å². The summed E-state index contributed by atoms with van der Waals surface area (Å²) < 4.78 is 26.9. The van der Waals surface area contributed by atoms with Crippen LogP contribution in [0.1, 0.15) is 108 Å². The molecule has 9 heteroatoms. The van der Waals surface area contributed by atoms with E-state index in [1.54, 1.807) is 6.08 Å². The molecule has 4 aliphatic carbocycles. The van der Waals surface area contributed by atoms with E-state index in [0.717, 1.165) is 24.0 Å². The third-order valence-corrected chi connectivity index (χ3v) is 12.2. The Bertz CT molecular complexity index is 1810. The number of methoxy groups -OCH3 is 1. The van der Waals surface area contributed by atoms with Crippen molar-refractivity contribution in [2.24, 2.45) is 11.8 Å². The van der Waals surface area contributed by atoms with Gasteiger partial charge in [-0.1, -0.05) is 29.9 Å². The van der Waals surface area contributed by atoms with E-state index >= 15 is 4.79 Å². The Morgan fingerprint density at radius 3 is 2.42 bits per heavy atom. The van der Waals surface area contributed by atoms with E-state index in [9.17, 15) is 19.8 Å². The van der Waals surface area contributed by atoms with Gasteiger partial charge in [0.05, 0.1) is 5.60 Å². The van der Waals surface area contributed by atoms with E-state index in [1.807, 2.05) is 40.7 Å². The zero-order chi connectivity index (χ0) is 34.9. The van der Waals surface area contributed by atoms with E-state index in [4.69, 9.17) is 18.9 Å². The molecule has 1 aromatic carbocycles. The number of hydrogen-bond donors (Lipinski definition) is 2. The summed E-state index contributed by atoms with van der Waals surface area (Å²) in [5.74, 6) is -1.97. The molecule has 0 radical (unpaired) electrons. The highest BCUT2D eigenvalue weighted by Crippen LogP contribution is 2.70. The molecule has 7 aliphatic rings. The number of carboxylic acid groups (broad SMARTS) is 1. The molecule has 1 saturated heterocycles. The Kier molecular flexibility index (Phi) is 6.96. The monoisotopic (exact) mass is 658 g/mol. The van der Waals surface area contributed by atoms with Crippen molar-refractivity contribution >= 4 is 17.5 Å². The van der Waals surface area contributed by atoms with Crippen LogP contribution < -0.4 is 9.47 Å². The summed E-state index contributed by atoms with van der Waals surface area (Å²) in [4.78, 5) is 41.8. The number of phenols is 1. The lowest BCUT2D eigenvalue weighted by Crippen LogP contribution is -2.77. The van der Waals surface area contributed by atoms with Crippen molar-refractivity contribution in [3.05, 3.63) is 63.8 Å². The number of hydrogen-bond acceptors (Lipinski definition) is 8. The quantitative estimate of drug-likeness (QED) is 0.243. The summed E-state index contributed by atoms with van der Waals surface area (Å²) in [6.07, 6.45) is 7.86. The molecule has 3 fully saturated rings. The van der Waals surface area contributed by atoms with Gasteiger partial charge in [0.2, 0.25) is 5.78 Å². The first-order chi connectivity index (χ1) is 22.4. The third kappa shape index (κ3) is 4.00. The average Bonchev–Trinajstić information content (AvgIpc) is 3.16. The number of rotatable bonds is 7. The second-order valence-corrected chi connectivity index (χ2v) is 15.9. The summed E-state index contributed by atoms with van der Waals surface area (Å²) in [5, 5.41) is 22.0. The van der Waals surface area contributed by atoms with Crippen molar-refractivity contribution in [3.8, 4) is 17.2 Å². The van der Waals surface area contributed by atoms with Gasteiger partial charge in [0.1, 0.15) is 34.0 Å². The van der Waals surface area contributed by atoms with E-state index in [1.165, 1.54) is 20.1 Å². The van der Waals surface area contributed by atoms with E-state index < -0.39 is 51.5 Å². The highest BCUT2D eigenvalue weighted by molar-refractivity contribution is 6.20. The van der Waals surface area contributed by atoms with Crippen molar-refractivity contribution in [3.63, 3.8) is 0 Å². The molecule has 9 nitrogen and oxygen atoms in total. The van der Waals surface area contributed by atoms with Crippen LogP contribution >= 0.6 is 0 Å². The molecular formula is C39H46O9. The highest BCUT2D eigenvalue weighted by atomic mass is 16.6. The van der Waals surface area contributed by atoms with Crippen molar-refractivity contribution in [1.82, 2.24) is 0 Å². The average molecular weight is 659 g/mol. The van der Waals surface area contributed by atoms with Crippen molar-refractivity contribution in [2.75, 3.05) is 7.11 Å². The molecule has 0 amide bonds. The first-order valence-electron chi connectivity index (χ1n) is 17.0. The Hall–Kier alpha value is -3.69. The molecule has 0 aromatic heterocycles. The zero-order valence-corrected chi connectivity index (χ0v) is 29.2. The van der Waals surface area contributed by atoms with Crippen LogP contribution in [-0.2, 0) is 25.5 Å². The van der Waals surface area contributed by atoms with Crippen LogP contribution in [0.25, 0.3) is 0 Å². The number of benzene rings is 1. The van der Waals surface area contributed by atoms with Crippen LogP contribution in [0, 0.1) is 11.8 Å². The lowest BCUT2D eigenvalue weighted by Gasteiger charge is -2.59. The number of allylic oxidation sites excluding steroid dienone is 3. The molecule has 2 N–H and O–H groups in total. The molecule has 256 valence electrons. The number of carbonyl (C=O) groups excluding carboxylic acids is 2. The van der Waals surface area contributed by atoms with Gasteiger partial charge in [0.15, 0.2) is 17.0 Å². The van der Waals surface area contributed by atoms with Gasteiger partial charge in [-0.3, -0.25) is 9.59 Å². The Morgan fingerprint density at radius 1 is 1.08 bits per heavy atom. The molecule has 3 heterocycles. The topological polar surface area (TPSA) is 129 Å². The van der Waals surface area contributed by atoms with Crippen LogP contribution in [0.5, 0.6) is 17.2 Å². The molecule has 1 aromatic rings. The van der Waals surface area contributed by atoms with Crippen molar-refractivity contribution < 1.29 is 43.5 Å². The van der Waals surface area contributed by atoms with Crippen LogP contribution in [0.3, 0.4) is 0 Å². The molecule has 2 saturated carbocycles. The van der Waals surface area contributed by atoms with Crippen molar-refractivity contribution in [1.29, 1.82) is 0 Å². The summed E-state index contributed by atoms with van der Waals surface area (Å²) in [5.41, 5.74) is -2.72. The van der Waals surface area contributed by atoms with Gasteiger partial charge in [-0.15, -0.1) is 0 Å². The van der Waals surface area contributed by atoms with Gasteiger partial charge in [-0.25, -0.2) is 4.79 Å². The minimum Gasteiger partial charge on any atom is -0.507 e. The highest BCUT2D eigenvalue weighted by Gasteiger charge is 2.84. The third-order valence-electron chi connectivity index (χ3n) is 12.2. The van der Waals surface area contributed by atoms with E-state index in [-0.39, 0.29) is 52.9 Å². The van der Waals surface area contributed by atoms with Crippen molar-refractivity contribution in [2.45, 2.75) is 121 Å². The number of carbonyl (C=O) groups is 3. The Balaban J connectivity index is 1.55. The maximum absolute atomic E-state index is 15.2. The first-order valence-corrected chi connectivity index (χ1v) is 17.0. The molecule has 6 bridgehead atoms. The fraction of sp³-hybridized carbons (Fsp3) is 0.564. The number of Topliss-reactive ketones (excluding diaryl/α,β-unsaturated/α-hetero) is 2. The molecule has 8 rings (SSSR count). The fourth-order valence-corrected chi connectivity index (χ4v) is 9.87. The number of ketones is 2. The van der Waals surface area contributed by atoms with Crippen LogP contribution in [-0.4, -0.2) is 62.9 Å². The first kappa shape index (κ1) is 32.8. The van der Waals surface area contributed by atoms with Crippen LogP contribution in [0.2, 0.25) is 0 Å². The Labute approximate surface area is 281 Å². The predicted molar refractivity (Wildman–Crippen MR) is 178 cm³/mol. The molecule has 0 unspecified atom stereocenters. The zero-order valence-electron chi connectivity index (χ0n) is 29.2. The van der Waals surface area contributed by atoms with Crippen LogP contribution in [0.15, 0.2) is 47.1 Å². The summed E-state index contributed by atoms with van der Waals surface area (Å²) in [6, 6.07) is 0. The van der Waals surface area contributed by atoms with Gasteiger partial charge in [-0.05, 0) is 92.6 Å². The smallest absolute Gasteiger partial charge is 0.330 e. The minimum absolute atomic E-state index is 0.0376. The number of ether oxygens (including phenoxy) is 4. The fourth-order valence-electron chi connectivity index (χ4n) is 9.87. The molecule has 7 atom stereocenters. The van der Waals surface area contributed by atoms with Gasteiger partial charge in [-0.2, -0.15) is 0 Å². The second-order valence-electron chi connectivity index (χ2n) is 15.9. The maximum Gasteiger partial charge on any atom is 0.330 e. The molecule has 3 aliphatic heterocycles. The number of aliphatic carboxylic acids is 1. The molecule has 1 spiro atoms. The second kappa shape index (κ2) is 10.2. The summed E-state index contributed by atoms with van der Waals surface area (Å²) in [6.45, 7) is 17.6. The maximum atomic E-state index is 15.2. The van der Waals surface area contributed by atoms with E-state index in [0.29, 0.717) is 29.7 Å². The number of carboxylic acids is 1. The predicted octanol–water partition coefficient (Wildman–Crippen LogP) is 6.71. The largest absolute Gasteiger partial charge is 0.507 e. The lowest BCUT2D eigenvalue weighted by atomic mass is 9.49. The number of fused-ring (bicyclic) bond motifs is 5. The van der Waals surface area contributed by atoms with Gasteiger partial charge in [0, 0.05) is 47.6 Å². The van der Waals surface area contributed by atoms with Crippen LogP contribution in [0.4, 0.5) is 0 Å². The summed E-state index contributed by atoms with van der Waals surface area (Å²) >= 11 is 0. The van der Waals surface area contributed by atoms with Gasteiger partial charge >= 0.3 is 5.97 Å². The standard InChI is InChI=1S/C39H46O9/c1-19(2)10-11-23-31-27(24-16-36(8,46-31)14-13-22(24)20(3)4)30(41)28-29(40)25-17-37(45-9)18-26-35(6,7)48-38(34(37)44,15-12-21(5)33(42)43)39(25,26)47-32(23)28/h10,12,17,22,24,26,41H,3,11,13-16,18H2,1-2,4-9H3,(H,42,43)/t22-,24+,26+,36+,37+,38+,39-/m1/s1. The summed E-state index contributed by atoms with van der Waals surface area (Å²) in [7, 11) is 1.44. The SMILES string of the molecule is C=C(C)[C@H]1CC[C@@]2(C)C[C@@H]1c1c(O)c3c(c(CC=C(C)C)c1O2)O[C@]12C(=C[C@]4(OC)C[C@H]1C(C)(C)O[C@@]2(CC=C(C)C(=O)O)C4=O)C3=O.